The predicted molar refractivity (Wildman–Crippen MR) is 82.1 cm³/mol. The second kappa shape index (κ2) is 4.96. The van der Waals surface area contributed by atoms with Crippen LogP contribution in [0.5, 0.6) is 0 Å². The number of nitriles is 1. The van der Waals surface area contributed by atoms with E-state index in [0.29, 0.717) is 22.2 Å². The van der Waals surface area contributed by atoms with Crippen LogP contribution in [0.15, 0.2) is 53.3 Å². The third-order valence-corrected chi connectivity index (χ3v) is 3.58. The Hall–Kier alpha value is -2.37. The van der Waals surface area contributed by atoms with Gasteiger partial charge >= 0.3 is 0 Å². The van der Waals surface area contributed by atoms with E-state index < -0.39 is 0 Å². The van der Waals surface area contributed by atoms with Crippen molar-refractivity contribution in [2.24, 2.45) is 0 Å². The van der Waals surface area contributed by atoms with Gasteiger partial charge in [0.25, 0.3) is 0 Å². The summed E-state index contributed by atoms with van der Waals surface area (Å²) in [6, 6.07) is 16.7. The first-order chi connectivity index (χ1) is 9.69. The lowest BCUT2D eigenvalue weighted by atomic mass is 10.1. The fraction of sp³-hybridized carbons (Fsp3) is 0.0588. The molecule has 20 heavy (non-hydrogen) atoms. The molecule has 0 spiro atoms. The lowest BCUT2D eigenvalue weighted by molar-refractivity contribution is 1.27. The van der Waals surface area contributed by atoms with Crippen LogP contribution in [0.4, 0.5) is 0 Å². The maximum Gasteiger partial charge on any atom is 0.194 e. The van der Waals surface area contributed by atoms with Crippen molar-refractivity contribution in [1.29, 1.82) is 5.26 Å². The third-order valence-electron chi connectivity index (χ3n) is 3.35. The molecule has 0 N–H and O–H groups in total. The number of hydrogen-bond acceptors (Lipinski definition) is 2. The molecule has 3 heteroatoms. The topological polar surface area (TPSA) is 40.9 Å². The molecule has 96 valence electrons. The second-order valence-electron chi connectivity index (χ2n) is 4.65. The molecule has 0 heterocycles. The fourth-order valence-electron chi connectivity index (χ4n) is 2.35. The van der Waals surface area contributed by atoms with Gasteiger partial charge in [-0.25, -0.2) is 0 Å². The SMILES string of the molecule is N#CCc1ccc2c(=O)c3cc(Cl)ccc3ccc2c1. The standard InChI is InChI=1S/C17H10ClNO/c18-14-5-4-12-2-3-13-9-11(7-8-19)1-6-15(13)17(20)16(12)10-14/h1-6,9-10H,7H2. The summed E-state index contributed by atoms with van der Waals surface area (Å²) in [4.78, 5) is 12.6. The lowest BCUT2D eigenvalue weighted by Gasteiger charge is -1.96. The molecule has 0 amide bonds. The van der Waals surface area contributed by atoms with Crippen molar-refractivity contribution in [2.75, 3.05) is 0 Å². The van der Waals surface area contributed by atoms with Gasteiger partial charge in [-0.2, -0.15) is 5.26 Å². The van der Waals surface area contributed by atoms with Gasteiger partial charge in [0.2, 0.25) is 0 Å². The first-order valence-electron chi connectivity index (χ1n) is 6.21. The van der Waals surface area contributed by atoms with Crippen LogP contribution in [0.3, 0.4) is 0 Å². The summed E-state index contributed by atoms with van der Waals surface area (Å²) in [5.74, 6) is 0. The average molecular weight is 280 g/mol. The summed E-state index contributed by atoms with van der Waals surface area (Å²) >= 11 is 5.98. The molecular weight excluding hydrogens is 270 g/mol. The molecule has 0 aliphatic carbocycles. The Morgan fingerprint density at radius 1 is 0.950 bits per heavy atom. The zero-order valence-electron chi connectivity index (χ0n) is 10.6. The van der Waals surface area contributed by atoms with Gasteiger partial charge in [0, 0.05) is 15.8 Å². The number of nitrogens with zero attached hydrogens (tertiary/aromatic N) is 1. The molecule has 0 aromatic heterocycles. The van der Waals surface area contributed by atoms with Gasteiger partial charge in [-0.05, 0) is 34.5 Å². The van der Waals surface area contributed by atoms with E-state index in [1.165, 1.54) is 0 Å². The van der Waals surface area contributed by atoms with Crippen molar-refractivity contribution in [2.45, 2.75) is 6.42 Å². The first kappa shape index (κ1) is 12.7. The Bertz CT molecular complexity index is 925. The molecule has 2 nitrogen and oxygen atoms in total. The minimum absolute atomic E-state index is 0.0361. The normalized spacial score (nSPS) is 10.6. The predicted octanol–water partition coefficient (Wildman–Crippen LogP) is 4.07. The summed E-state index contributed by atoms with van der Waals surface area (Å²) in [6.45, 7) is 0. The van der Waals surface area contributed by atoms with Crippen LogP contribution >= 0.6 is 11.6 Å². The van der Waals surface area contributed by atoms with E-state index in [1.807, 2.05) is 30.3 Å². The van der Waals surface area contributed by atoms with Crippen molar-refractivity contribution in [3.05, 3.63) is 69.3 Å². The van der Waals surface area contributed by atoms with Crippen molar-refractivity contribution in [3.8, 4) is 6.07 Å². The Kier molecular flexibility index (Phi) is 3.14. The van der Waals surface area contributed by atoms with E-state index in [-0.39, 0.29) is 5.43 Å². The molecule has 0 unspecified atom stereocenters. The van der Waals surface area contributed by atoms with Gasteiger partial charge < -0.3 is 0 Å². The van der Waals surface area contributed by atoms with Crippen LogP contribution < -0.4 is 5.43 Å². The molecule has 3 rings (SSSR count). The minimum Gasteiger partial charge on any atom is -0.289 e. The quantitative estimate of drug-likeness (QED) is 0.674. The highest BCUT2D eigenvalue weighted by Crippen LogP contribution is 2.20. The second-order valence-corrected chi connectivity index (χ2v) is 5.09. The molecule has 0 atom stereocenters. The largest absolute Gasteiger partial charge is 0.289 e. The van der Waals surface area contributed by atoms with E-state index in [1.54, 1.807) is 18.2 Å². The summed E-state index contributed by atoms with van der Waals surface area (Å²) in [5.41, 5.74) is 0.874. The Morgan fingerprint density at radius 2 is 1.70 bits per heavy atom. The van der Waals surface area contributed by atoms with Gasteiger partial charge in [0.05, 0.1) is 12.5 Å². The lowest BCUT2D eigenvalue weighted by Crippen LogP contribution is -1.98. The van der Waals surface area contributed by atoms with E-state index in [2.05, 4.69) is 6.07 Å². The van der Waals surface area contributed by atoms with Crippen LogP contribution in [0.2, 0.25) is 5.02 Å². The van der Waals surface area contributed by atoms with Gasteiger partial charge in [-0.1, -0.05) is 41.9 Å². The van der Waals surface area contributed by atoms with E-state index >= 15 is 0 Å². The van der Waals surface area contributed by atoms with E-state index in [9.17, 15) is 4.79 Å². The van der Waals surface area contributed by atoms with Crippen LogP contribution in [0.25, 0.3) is 21.5 Å². The summed E-state index contributed by atoms with van der Waals surface area (Å²) in [5, 5.41) is 12.3. The van der Waals surface area contributed by atoms with Crippen molar-refractivity contribution in [1.82, 2.24) is 0 Å². The Labute approximate surface area is 120 Å². The van der Waals surface area contributed by atoms with E-state index in [0.717, 1.165) is 16.3 Å². The smallest absolute Gasteiger partial charge is 0.194 e. The molecule has 0 saturated carbocycles. The molecule has 0 fully saturated rings. The Morgan fingerprint density at radius 3 is 2.50 bits per heavy atom. The zero-order valence-corrected chi connectivity index (χ0v) is 11.3. The van der Waals surface area contributed by atoms with Gasteiger partial charge in [-0.3, -0.25) is 4.79 Å². The number of fused-ring (bicyclic) bond motifs is 2. The molecule has 3 aromatic carbocycles. The monoisotopic (exact) mass is 279 g/mol. The molecule has 0 saturated heterocycles. The third kappa shape index (κ3) is 2.13. The molecule has 3 aromatic rings. The molecular formula is C17H10ClNO. The first-order valence-corrected chi connectivity index (χ1v) is 6.59. The van der Waals surface area contributed by atoms with Crippen LogP contribution in [-0.2, 0) is 6.42 Å². The van der Waals surface area contributed by atoms with Crippen LogP contribution in [0.1, 0.15) is 5.56 Å². The van der Waals surface area contributed by atoms with Crippen molar-refractivity contribution >= 4 is 33.1 Å². The van der Waals surface area contributed by atoms with E-state index in [4.69, 9.17) is 16.9 Å². The summed E-state index contributed by atoms with van der Waals surface area (Å²) in [6.07, 6.45) is 0.341. The molecule has 0 aliphatic heterocycles. The molecule has 0 bridgehead atoms. The zero-order chi connectivity index (χ0) is 14.1. The number of rotatable bonds is 1. The highest BCUT2D eigenvalue weighted by molar-refractivity contribution is 6.31. The average Bonchev–Trinajstić information content (AvgIpc) is 2.58. The minimum atomic E-state index is -0.0361. The highest BCUT2D eigenvalue weighted by Gasteiger charge is 2.04. The number of benzene rings is 2. The highest BCUT2D eigenvalue weighted by atomic mass is 35.5. The maximum absolute atomic E-state index is 12.6. The van der Waals surface area contributed by atoms with Gasteiger partial charge in [0.1, 0.15) is 0 Å². The molecule has 0 radical (unpaired) electrons. The number of hydrogen-bond donors (Lipinski definition) is 0. The van der Waals surface area contributed by atoms with Crippen molar-refractivity contribution in [3.63, 3.8) is 0 Å². The van der Waals surface area contributed by atoms with Gasteiger partial charge in [0.15, 0.2) is 5.43 Å². The summed E-state index contributed by atoms with van der Waals surface area (Å²) < 4.78 is 0. The number of halogens is 1. The molecule has 0 aliphatic rings. The van der Waals surface area contributed by atoms with Crippen molar-refractivity contribution < 1.29 is 0 Å². The fourth-order valence-corrected chi connectivity index (χ4v) is 2.53. The van der Waals surface area contributed by atoms with Crippen LogP contribution in [0, 0.1) is 11.3 Å². The Balaban J connectivity index is 2.44. The van der Waals surface area contributed by atoms with Crippen LogP contribution in [-0.4, -0.2) is 0 Å². The summed E-state index contributed by atoms with van der Waals surface area (Å²) in [7, 11) is 0. The van der Waals surface area contributed by atoms with Gasteiger partial charge in [-0.15, -0.1) is 0 Å². The maximum atomic E-state index is 12.6.